The summed E-state index contributed by atoms with van der Waals surface area (Å²) in [5.74, 6) is 1.05. The molecule has 0 heterocycles. The second-order valence-electron chi connectivity index (χ2n) is 9.99. The Morgan fingerprint density at radius 2 is 0.972 bits per heavy atom. The molecular formula is C34H31SnZr. The number of rotatable bonds is 5. The van der Waals surface area contributed by atoms with Gasteiger partial charge in [0, 0.05) is 26.2 Å². The molecule has 6 rings (SSSR count). The zero-order valence-electron chi connectivity index (χ0n) is 21.2. The Balaban J connectivity index is 0.00000267. The van der Waals surface area contributed by atoms with Crippen molar-refractivity contribution >= 4 is 33.3 Å². The monoisotopic (exact) mass is 649 g/mol. The molecule has 0 N–H and O–H groups in total. The number of hydrogen-bond acceptors (Lipinski definition) is 0. The summed E-state index contributed by atoms with van der Waals surface area (Å²) >= 11 is -0.840. The van der Waals surface area contributed by atoms with Gasteiger partial charge >= 0.3 is 221 Å². The first kappa shape index (κ1) is 25.7. The molecule has 0 aliphatic heterocycles. The van der Waals surface area contributed by atoms with Crippen LogP contribution in [0.25, 0.3) is 34.4 Å². The molecule has 1 radical (unpaired) electrons. The molecule has 0 aromatic heterocycles. The van der Waals surface area contributed by atoms with Gasteiger partial charge in [0.05, 0.1) is 0 Å². The average molecular weight is 650 g/mol. The maximum absolute atomic E-state index is 2.57. The van der Waals surface area contributed by atoms with E-state index in [0.29, 0.717) is 11.8 Å². The second-order valence-corrected chi connectivity index (χ2v) is 14.1. The molecule has 0 spiro atoms. The van der Waals surface area contributed by atoms with Crippen molar-refractivity contribution in [3.05, 3.63) is 130 Å². The topological polar surface area (TPSA) is 0 Å². The summed E-state index contributed by atoms with van der Waals surface area (Å²) in [5.41, 5.74) is 14.4. The third-order valence-electron chi connectivity index (χ3n) is 8.00. The first-order valence-electron chi connectivity index (χ1n) is 12.7. The number of benzene rings is 4. The zero-order chi connectivity index (χ0) is 23.9. The molecular weight excluding hydrogens is 618 g/mol. The van der Waals surface area contributed by atoms with Gasteiger partial charge in [-0.05, 0) is 0 Å². The fourth-order valence-electron chi connectivity index (χ4n) is 6.49. The molecule has 175 valence electrons. The fourth-order valence-corrected chi connectivity index (χ4v) is 11.6. The van der Waals surface area contributed by atoms with Gasteiger partial charge in [-0.3, -0.25) is 0 Å². The fraction of sp³-hybridized carbons (Fsp3) is 0.176. The SMILES string of the molecule is [CH3][SnH][CH](C1C(C)=Cc2c(-c3ccccc3)cccc21)C1C(C)=Cc2c(-c3ccccc3)cccc21.[Zr]. The van der Waals surface area contributed by atoms with Gasteiger partial charge in [-0.15, -0.1) is 0 Å². The molecule has 0 nitrogen and oxygen atoms in total. The van der Waals surface area contributed by atoms with Crippen molar-refractivity contribution in [2.24, 2.45) is 0 Å². The van der Waals surface area contributed by atoms with Crippen molar-refractivity contribution in [2.75, 3.05) is 0 Å². The Morgan fingerprint density at radius 3 is 1.36 bits per heavy atom. The first-order valence-corrected chi connectivity index (χ1v) is 17.9. The summed E-state index contributed by atoms with van der Waals surface area (Å²) in [6.45, 7) is 4.75. The third kappa shape index (κ3) is 4.37. The summed E-state index contributed by atoms with van der Waals surface area (Å²) in [6, 6.07) is 35.7. The normalized spacial score (nSPS) is 18.5. The van der Waals surface area contributed by atoms with Crippen molar-refractivity contribution in [3.8, 4) is 22.3 Å². The summed E-state index contributed by atoms with van der Waals surface area (Å²) in [7, 11) is 0. The van der Waals surface area contributed by atoms with Gasteiger partial charge in [-0.1, -0.05) is 0 Å². The van der Waals surface area contributed by atoms with Gasteiger partial charge in [0.2, 0.25) is 0 Å². The van der Waals surface area contributed by atoms with Crippen LogP contribution in [0, 0.1) is 0 Å². The van der Waals surface area contributed by atoms with E-state index in [-0.39, 0.29) is 26.2 Å². The van der Waals surface area contributed by atoms with E-state index in [9.17, 15) is 0 Å². The molecule has 4 aromatic carbocycles. The van der Waals surface area contributed by atoms with Gasteiger partial charge in [-0.2, -0.15) is 0 Å². The van der Waals surface area contributed by atoms with Gasteiger partial charge < -0.3 is 0 Å². The predicted molar refractivity (Wildman–Crippen MR) is 153 cm³/mol. The van der Waals surface area contributed by atoms with Crippen molar-refractivity contribution in [1.29, 1.82) is 0 Å². The predicted octanol–water partition coefficient (Wildman–Crippen LogP) is 8.99. The smallest absolute Gasteiger partial charge is 0 e. The minimum absolute atomic E-state index is 0. The summed E-state index contributed by atoms with van der Waals surface area (Å²) in [4.78, 5) is 2.57. The van der Waals surface area contributed by atoms with Crippen molar-refractivity contribution in [3.63, 3.8) is 0 Å². The molecule has 2 aliphatic carbocycles. The molecule has 0 saturated carbocycles. The van der Waals surface area contributed by atoms with Crippen LogP contribution in [0.2, 0.25) is 8.87 Å². The van der Waals surface area contributed by atoms with Gasteiger partial charge in [0.1, 0.15) is 0 Å². The standard InChI is InChI=1S/C33H27.CH3.Sn.Zr.H/c1-22-19-32-26(24-11-5-3-6-12-24)15-9-17-28(32)30(22)21-31-23(2)20-33-27(16-10-18-29(31)33)25-13-7-4-8-14-25;;;;/h3-21,30-31H,1-2H3;1H3;;;. The van der Waals surface area contributed by atoms with Crippen LogP contribution in [0.1, 0.15) is 47.9 Å². The van der Waals surface area contributed by atoms with Crippen LogP contribution >= 0.6 is 0 Å². The Kier molecular flexibility index (Phi) is 7.71. The summed E-state index contributed by atoms with van der Waals surface area (Å²) in [6.07, 6.45) is 4.98. The molecule has 0 saturated heterocycles. The van der Waals surface area contributed by atoms with E-state index in [1.54, 1.807) is 22.3 Å². The van der Waals surface area contributed by atoms with Crippen LogP contribution in [0.3, 0.4) is 0 Å². The van der Waals surface area contributed by atoms with Gasteiger partial charge in [-0.25, -0.2) is 0 Å². The van der Waals surface area contributed by atoms with Crippen LogP contribution in [-0.2, 0) is 26.2 Å². The quantitative estimate of drug-likeness (QED) is 0.190. The van der Waals surface area contributed by atoms with Crippen LogP contribution in [0.5, 0.6) is 0 Å². The minimum atomic E-state index is -0.840. The zero-order valence-corrected chi connectivity index (χ0v) is 27.0. The Hall–Kier alpha value is -1.96. The largest absolute Gasteiger partial charge is 0 e. The van der Waals surface area contributed by atoms with Crippen LogP contribution in [-0.4, -0.2) is 21.1 Å². The van der Waals surface area contributed by atoms with E-state index in [4.69, 9.17) is 0 Å². The number of hydrogen-bond donors (Lipinski definition) is 0. The molecule has 2 aliphatic rings. The van der Waals surface area contributed by atoms with E-state index in [0.717, 1.165) is 3.93 Å². The molecule has 0 fully saturated rings. The van der Waals surface area contributed by atoms with Crippen LogP contribution < -0.4 is 0 Å². The van der Waals surface area contributed by atoms with Crippen molar-refractivity contribution in [2.45, 2.75) is 34.6 Å². The summed E-state index contributed by atoms with van der Waals surface area (Å²) in [5, 5.41) is 0. The Labute approximate surface area is 244 Å². The molecule has 0 amide bonds. The second kappa shape index (κ2) is 10.8. The molecule has 36 heavy (non-hydrogen) atoms. The maximum Gasteiger partial charge on any atom is 0 e. The van der Waals surface area contributed by atoms with Crippen LogP contribution in [0.4, 0.5) is 0 Å². The Morgan fingerprint density at radius 1 is 0.556 bits per heavy atom. The molecule has 2 unspecified atom stereocenters. The van der Waals surface area contributed by atoms with Gasteiger partial charge in [0.25, 0.3) is 0 Å². The van der Waals surface area contributed by atoms with E-state index in [2.05, 4.69) is 128 Å². The molecule has 0 bridgehead atoms. The molecule has 2 atom stereocenters. The minimum Gasteiger partial charge on any atom is 0 e. The number of allylic oxidation sites excluding steroid dienone is 2. The van der Waals surface area contributed by atoms with Crippen molar-refractivity contribution < 1.29 is 26.2 Å². The number of fused-ring (bicyclic) bond motifs is 2. The van der Waals surface area contributed by atoms with E-state index in [1.165, 1.54) is 33.4 Å². The van der Waals surface area contributed by atoms with E-state index in [1.807, 2.05) is 0 Å². The van der Waals surface area contributed by atoms with Gasteiger partial charge in [0.15, 0.2) is 0 Å². The van der Waals surface area contributed by atoms with Crippen LogP contribution in [0.15, 0.2) is 108 Å². The van der Waals surface area contributed by atoms with Crippen molar-refractivity contribution in [1.82, 2.24) is 0 Å². The third-order valence-corrected chi connectivity index (χ3v) is 12.4. The average Bonchev–Trinajstić information content (AvgIpc) is 3.42. The molecule has 2 heteroatoms. The van der Waals surface area contributed by atoms with E-state index < -0.39 is 21.1 Å². The van der Waals surface area contributed by atoms with E-state index >= 15 is 0 Å². The first-order chi connectivity index (χ1) is 17.2. The Bertz CT molecular complexity index is 1340. The molecule has 4 aromatic rings. The summed E-state index contributed by atoms with van der Waals surface area (Å²) < 4.78 is 0.720. The maximum atomic E-state index is 2.57.